The van der Waals surface area contributed by atoms with Crippen LogP contribution in [0.4, 0.5) is 0 Å². The molecular weight excluding hydrogens is 414 g/mol. The second-order valence-corrected chi connectivity index (χ2v) is 10.2. The maximum atomic E-state index is 12.8. The summed E-state index contributed by atoms with van der Waals surface area (Å²) in [6.45, 7) is 6.23. The predicted molar refractivity (Wildman–Crippen MR) is 119 cm³/mol. The Hall–Kier alpha value is -3.07. The van der Waals surface area contributed by atoms with Crippen molar-refractivity contribution in [1.82, 2.24) is 20.2 Å². The number of ether oxygens (including phenoxy) is 2. The maximum absolute atomic E-state index is 12.8. The van der Waals surface area contributed by atoms with Gasteiger partial charge in [0.15, 0.2) is 11.9 Å². The third-order valence-corrected chi connectivity index (χ3v) is 6.32. The van der Waals surface area contributed by atoms with Crippen molar-refractivity contribution < 1.29 is 13.7 Å². The SMILES string of the molecule is COc1ccc2c(c1)O[C@@H](c1nnnn1Cc1ccccc1)C/C2=N\[S@@](=O)C(C)(C)C. The van der Waals surface area contributed by atoms with Gasteiger partial charge >= 0.3 is 0 Å². The summed E-state index contributed by atoms with van der Waals surface area (Å²) >= 11 is 0. The Kier molecular flexibility index (Phi) is 5.86. The van der Waals surface area contributed by atoms with Gasteiger partial charge in [0.1, 0.15) is 22.5 Å². The van der Waals surface area contributed by atoms with Gasteiger partial charge in [-0.15, -0.1) is 5.10 Å². The number of fused-ring (bicyclic) bond motifs is 1. The fourth-order valence-corrected chi connectivity index (χ4v) is 3.87. The smallest absolute Gasteiger partial charge is 0.192 e. The third kappa shape index (κ3) is 4.66. The Morgan fingerprint density at radius 1 is 1.23 bits per heavy atom. The molecule has 1 aromatic heterocycles. The zero-order chi connectivity index (χ0) is 22.0. The van der Waals surface area contributed by atoms with Crippen LogP contribution in [-0.4, -0.2) is 42.0 Å². The van der Waals surface area contributed by atoms with Crippen LogP contribution in [0.2, 0.25) is 0 Å². The summed E-state index contributed by atoms with van der Waals surface area (Å²) in [4.78, 5) is 0. The molecule has 0 saturated carbocycles. The number of rotatable bonds is 5. The molecule has 1 aliphatic heterocycles. The molecule has 2 aromatic carbocycles. The van der Waals surface area contributed by atoms with E-state index in [0.29, 0.717) is 36.0 Å². The van der Waals surface area contributed by atoms with Crippen LogP contribution in [0.25, 0.3) is 0 Å². The second-order valence-electron chi connectivity index (χ2n) is 8.25. The first-order valence-electron chi connectivity index (χ1n) is 10.00. The molecule has 0 aliphatic carbocycles. The van der Waals surface area contributed by atoms with Gasteiger partial charge in [-0.25, -0.2) is 8.89 Å². The van der Waals surface area contributed by atoms with Gasteiger partial charge < -0.3 is 9.47 Å². The van der Waals surface area contributed by atoms with E-state index in [0.717, 1.165) is 11.1 Å². The first-order valence-corrected chi connectivity index (χ1v) is 11.1. The monoisotopic (exact) mass is 439 g/mol. The molecule has 3 aromatic rings. The lowest BCUT2D eigenvalue weighted by Gasteiger charge is -2.27. The standard InChI is InChI=1S/C22H25N5O3S/c1-22(2,3)31(28)24-18-13-20(30-19-12-16(29-4)10-11-17(18)19)21-23-25-26-27(21)14-15-8-6-5-7-9-15/h5-12,20H,13-14H2,1-4H3/b24-18+/t20-,31+/m1/s1. The zero-order valence-electron chi connectivity index (χ0n) is 18.0. The highest BCUT2D eigenvalue weighted by Crippen LogP contribution is 2.37. The minimum atomic E-state index is -1.41. The summed E-state index contributed by atoms with van der Waals surface area (Å²) in [5.41, 5.74) is 2.59. The van der Waals surface area contributed by atoms with Crippen molar-refractivity contribution in [1.29, 1.82) is 0 Å². The minimum Gasteiger partial charge on any atom is -0.497 e. The summed E-state index contributed by atoms with van der Waals surface area (Å²) in [7, 11) is 0.198. The molecule has 0 unspecified atom stereocenters. The number of aromatic nitrogens is 4. The Bertz CT molecular complexity index is 1120. The Morgan fingerprint density at radius 3 is 2.71 bits per heavy atom. The number of benzene rings is 2. The molecule has 31 heavy (non-hydrogen) atoms. The first kappa shape index (κ1) is 21.2. The van der Waals surface area contributed by atoms with E-state index < -0.39 is 21.8 Å². The molecule has 0 saturated heterocycles. The molecule has 2 heterocycles. The zero-order valence-corrected chi connectivity index (χ0v) is 18.8. The quantitative estimate of drug-likeness (QED) is 0.604. The highest BCUT2D eigenvalue weighted by molar-refractivity contribution is 7.85. The molecule has 0 bridgehead atoms. The Balaban J connectivity index is 1.71. The van der Waals surface area contributed by atoms with E-state index >= 15 is 0 Å². The van der Waals surface area contributed by atoms with Crippen molar-refractivity contribution in [2.75, 3.05) is 7.11 Å². The molecule has 9 heteroatoms. The molecule has 1 aliphatic rings. The van der Waals surface area contributed by atoms with Crippen LogP contribution in [0.1, 0.15) is 50.2 Å². The van der Waals surface area contributed by atoms with Crippen LogP contribution in [0.5, 0.6) is 11.5 Å². The van der Waals surface area contributed by atoms with Crippen LogP contribution in [0.15, 0.2) is 52.9 Å². The molecule has 0 N–H and O–H groups in total. The van der Waals surface area contributed by atoms with Gasteiger partial charge in [0.25, 0.3) is 0 Å². The van der Waals surface area contributed by atoms with Gasteiger partial charge in [-0.2, -0.15) is 4.40 Å². The minimum absolute atomic E-state index is 0.413. The molecule has 0 fully saturated rings. The van der Waals surface area contributed by atoms with Crippen molar-refractivity contribution in [3.05, 3.63) is 65.5 Å². The fourth-order valence-electron chi connectivity index (χ4n) is 3.22. The summed E-state index contributed by atoms with van der Waals surface area (Å²) in [5, 5.41) is 12.2. The van der Waals surface area contributed by atoms with Crippen LogP contribution < -0.4 is 9.47 Å². The van der Waals surface area contributed by atoms with Crippen molar-refractivity contribution in [2.24, 2.45) is 4.40 Å². The van der Waals surface area contributed by atoms with Crippen LogP contribution in [-0.2, 0) is 17.5 Å². The summed E-state index contributed by atoms with van der Waals surface area (Å²) in [6.07, 6.45) is -0.0508. The van der Waals surface area contributed by atoms with E-state index in [1.807, 2.05) is 69.3 Å². The molecular formula is C22H25N5O3S. The molecule has 2 atom stereocenters. The first-order chi connectivity index (χ1) is 14.8. The number of tetrazole rings is 1. The maximum Gasteiger partial charge on any atom is 0.192 e. The van der Waals surface area contributed by atoms with E-state index in [4.69, 9.17) is 9.47 Å². The lowest BCUT2D eigenvalue weighted by atomic mass is 9.99. The van der Waals surface area contributed by atoms with E-state index in [9.17, 15) is 4.21 Å². The van der Waals surface area contributed by atoms with Crippen molar-refractivity contribution in [3.63, 3.8) is 0 Å². The average molecular weight is 440 g/mol. The van der Waals surface area contributed by atoms with Gasteiger partial charge in [-0.1, -0.05) is 30.3 Å². The number of hydrogen-bond acceptors (Lipinski definition) is 6. The fraction of sp³-hybridized carbons (Fsp3) is 0.364. The van der Waals surface area contributed by atoms with Crippen LogP contribution in [0.3, 0.4) is 0 Å². The second kappa shape index (κ2) is 8.58. The Morgan fingerprint density at radius 2 is 2.00 bits per heavy atom. The Labute approximate surface area is 183 Å². The van der Waals surface area contributed by atoms with Crippen molar-refractivity contribution in [3.8, 4) is 11.5 Å². The highest BCUT2D eigenvalue weighted by Gasteiger charge is 2.32. The molecule has 8 nitrogen and oxygen atoms in total. The topological polar surface area (TPSA) is 91.5 Å². The highest BCUT2D eigenvalue weighted by atomic mass is 32.2. The van der Waals surface area contributed by atoms with Gasteiger partial charge in [-0.3, -0.25) is 0 Å². The normalized spacial score (nSPS) is 18.3. The molecule has 0 amide bonds. The number of methoxy groups -OCH3 is 1. The summed E-state index contributed by atoms with van der Waals surface area (Å²) < 4.78 is 30.2. The summed E-state index contributed by atoms with van der Waals surface area (Å²) in [5.74, 6) is 1.86. The van der Waals surface area contributed by atoms with Gasteiger partial charge in [0.2, 0.25) is 0 Å². The van der Waals surface area contributed by atoms with Gasteiger partial charge in [0.05, 0.1) is 24.1 Å². The van der Waals surface area contributed by atoms with Crippen molar-refractivity contribution >= 4 is 16.7 Å². The number of hydrogen-bond donors (Lipinski definition) is 0. The van der Waals surface area contributed by atoms with E-state index in [-0.39, 0.29) is 0 Å². The number of nitrogens with zero attached hydrogens (tertiary/aromatic N) is 5. The third-order valence-electron chi connectivity index (χ3n) is 4.89. The average Bonchev–Trinajstić information content (AvgIpc) is 3.21. The van der Waals surface area contributed by atoms with Gasteiger partial charge in [0, 0.05) is 18.1 Å². The van der Waals surface area contributed by atoms with E-state index in [1.165, 1.54) is 0 Å². The van der Waals surface area contributed by atoms with Crippen LogP contribution in [0, 0.1) is 0 Å². The molecule has 162 valence electrons. The lowest BCUT2D eigenvalue weighted by Crippen LogP contribution is -2.27. The van der Waals surface area contributed by atoms with E-state index in [2.05, 4.69) is 19.9 Å². The lowest BCUT2D eigenvalue weighted by molar-refractivity contribution is 0.189. The molecule has 0 radical (unpaired) electrons. The predicted octanol–water partition coefficient (Wildman–Crippen LogP) is 3.51. The van der Waals surface area contributed by atoms with E-state index in [1.54, 1.807) is 11.8 Å². The van der Waals surface area contributed by atoms with Gasteiger partial charge in [-0.05, 0) is 48.9 Å². The van der Waals surface area contributed by atoms with Crippen molar-refractivity contribution in [2.45, 2.75) is 44.6 Å². The molecule has 4 rings (SSSR count). The summed E-state index contributed by atoms with van der Waals surface area (Å²) in [6, 6.07) is 15.5. The van der Waals surface area contributed by atoms with Crippen LogP contribution >= 0.6 is 0 Å². The molecule has 0 spiro atoms. The largest absolute Gasteiger partial charge is 0.497 e.